The van der Waals surface area contributed by atoms with Gasteiger partial charge in [0.25, 0.3) is 0 Å². The Kier molecular flexibility index (Phi) is 4.72. The van der Waals surface area contributed by atoms with Gasteiger partial charge in [-0.15, -0.1) is 0 Å². The van der Waals surface area contributed by atoms with E-state index in [9.17, 15) is 4.79 Å². The van der Waals surface area contributed by atoms with Gasteiger partial charge in [-0.1, -0.05) is 36.4 Å². The smallest absolute Gasteiger partial charge is 0.331 e. The number of para-hydroxylation sites is 2. The lowest BCUT2D eigenvalue weighted by Gasteiger charge is -1.98. The molecule has 0 spiro atoms. The number of ether oxygens (including phenoxy) is 1. The van der Waals surface area contributed by atoms with E-state index in [2.05, 4.69) is 5.10 Å². The minimum Gasteiger partial charge on any atom is -0.454 e. The molecular formula is C22H15N3O3. The van der Waals surface area contributed by atoms with Gasteiger partial charge in [0.05, 0.1) is 5.69 Å². The summed E-state index contributed by atoms with van der Waals surface area (Å²) >= 11 is 0. The van der Waals surface area contributed by atoms with Crippen LogP contribution >= 0.6 is 0 Å². The first-order valence-corrected chi connectivity index (χ1v) is 8.60. The Morgan fingerprint density at radius 1 is 1.18 bits per heavy atom. The summed E-state index contributed by atoms with van der Waals surface area (Å²) in [6.45, 7) is -0.289. The molecule has 0 saturated carbocycles. The van der Waals surface area contributed by atoms with E-state index >= 15 is 0 Å². The molecule has 0 unspecified atom stereocenters. The summed E-state index contributed by atoms with van der Waals surface area (Å²) in [5.41, 5.74) is 2.93. The summed E-state index contributed by atoms with van der Waals surface area (Å²) in [6, 6.07) is 21.0. The largest absolute Gasteiger partial charge is 0.454 e. The molecule has 0 radical (unpaired) electrons. The van der Waals surface area contributed by atoms with Crippen LogP contribution in [-0.4, -0.2) is 22.4 Å². The van der Waals surface area contributed by atoms with Crippen molar-refractivity contribution >= 4 is 23.0 Å². The lowest BCUT2D eigenvalue weighted by molar-refractivity contribution is -0.136. The van der Waals surface area contributed by atoms with E-state index in [0.29, 0.717) is 17.0 Å². The Morgan fingerprint density at radius 2 is 1.96 bits per heavy atom. The minimum atomic E-state index is -0.593. The summed E-state index contributed by atoms with van der Waals surface area (Å²) in [7, 11) is 0. The number of hydrogen-bond donors (Lipinski definition) is 0. The highest BCUT2D eigenvalue weighted by Crippen LogP contribution is 2.30. The second-order valence-electron chi connectivity index (χ2n) is 5.96. The Balaban J connectivity index is 1.76. The van der Waals surface area contributed by atoms with Gasteiger partial charge >= 0.3 is 5.97 Å². The van der Waals surface area contributed by atoms with Gasteiger partial charge in [0.15, 0.2) is 12.4 Å². The number of nitriles is 1. The summed E-state index contributed by atoms with van der Waals surface area (Å²) < 4.78 is 12.4. The van der Waals surface area contributed by atoms with Crippen LogP contribution in [0.25, 0.3) is 34.2 Å². The summed E-state index contributed by atoms with van der Waals surface area (Å²) in [4.78, 5) is 11.7. The Morgan fingerprint density at radius 3 is 2.75 bits per heavy atom. The van der Waals surface area contributed by atoms with E-state index in [1.807, 2.05) is 66.9 Å². The maximum absolute atomic E-state index is 11.7. The van der Waals surface area contributed by atoms with Gasteiger partial charge in [-0.2, -0.15) is 10.4 Å². The molecule has 0 aliphatic carbocycles. The molecule has 0 aliphatic heterocycles. The molecule has 0 bridgehead atoms. The number of furan rings is 1. The van der Waals surface area contributed by atoms with E-state index in [0.717, 1.165) is 16.7 Å². The van der Waals surface area contributed by atoms with E-state index in [1.165, 1.54) is 6.08 Å². The van der Waals surface area contributed by atoms with Crippen molar-refractivity contribution in [2.75, 3.05) is 6.61 Å². The van der Waals surface area contributed by atoms with Crippen LogP contribution in [0.2, 0.25) is 0 Å². The van der Waals surface area contributed by atoms with E-state index in [1.54, 1.807) is 16.8 Å². The molecule has 4 rings (SSSR count). The molecule has 4 aromatic rings. The van der Waals surface area contributed by atoms with Gasteiger partial charge in [0.2, 0.25) is 0 Å². The van der Waals surface area contributed by atoms with Gasteiger partial charge in [-0.05, 0) is 30.3 Å². The van der Waals surface area contributed by atoms with Gasteiger partial charge in [0.1, 0.15) is 17.3 Å². The van der Waals surface area contributed by atoms with Gasteiger partial charge in [-0.25, -0.2) is 9.48 Å². The van der Waals surface area contributed by atoms with Gasteiger partial charge in [-0.3, -0.25) is 0 Å². The van der Waals surface area contributed by atoms with E-state index in [4.69, 9.17) is 14.4 Å². The zero-order valence-electron chi connectivity index (χ0n) is 14.8. The number of carbonyl (C=O) groups excluding carboxylic acids is 1. The second-order valence-corrected chi connectivity index (χ2v) is 5.96. The quantitative estimate of drug-likeness (QED) is 0.385. The predicted octanol–water partition coefficient (Wildman–Crippen LogP) is 4.37. The average Bonchev–Trinajstić information content (AvgIpc) is 3.35. The van der Waals surface area contributed by atoms with Crippen molar-refractivity contribution in [3.63, 3.8) is 0 Å². The first-order valence-electron chi connectivity index (χ1n) is 8.60. The van der Waals surface area contributed by atoms with Gasteiger partial charge < -0.3 is 9.15 Å². The Hall–Kier alpha value is -4.11. The van der Waals surface area contributed by atoms with Crippen LogP contribution in [0.3, 0.4) is 0 Å². The lowest BCUT2D eigenvalue weighted by atomic mass is 10.2. The number of aromatic nitrogens is 2. The third kappa shape index (κ3) is 3.55. The maximum atomic E-state index is 11.7. The maximum Gasteiger partial charge on any atom is 0.331 e. The topological polar surface area (TPSA) is 81.0 Å². The molecule has 2 heterocycles. The summed E-state index contributed by atoms with van der Waals surface area (Å²) in [5, 5.41) is 14.1. The molecule has 2 aromatic carbocycles. The molecule has 6 heteroatoms. The van der Waals surface area contributed by atoms with Crippen LogP contribution in [0.4, 0.5) is 0 Å². The van der Waals surface area contributed by atoms with E-state index < -0.39 is 5.97 Å². The normalized spacial score (nSPS) is 11.0. The molecule has 0 N–H and O–H groups in total. The summed E-state index contributed by atoms with van der Waals surface area (Å²) in [6.07, 6.45) is 4.69. The molecule has 28 heavy (non-hydrogen) atoms. The highest BCUT2D eigenvalue weighted by atomic mass is 16.5. The summed E-state index contributed by atoms with van der Waals surface area (Å²) in [5.74, 6) is 0.00508. The molecule has 0 atom stereocenters. The lowest BCUT2D eigenvalue weighted by Crippen LogP contribution is -1.99. The van der Waals surface area contributed by atoms with E-state index in [-0.39, 0.29) is 6.61 Å². The zero-order valence-corrected chi connectivity index (χ0v) is 14.8. The number of rotatable bonds is 5. The molecule has 0 amide bonds. The minimum absolute atomic E-state index is 0.289. The van der Waals surface area contributed by atoms with Crippen LogP contribution in [0.5, 0.6) is 0 Å². The number of esters is 1. The average molecular weight is 369 g/mol. The Labute approximate surface area is 160 Å². The number of nitrogens with zero attached hydrogens (tertiary/aromatic N) is 3. The number of carbonyl (C=O) groups is 1. The first kappa shape index (κ1) is 17.3. The zero-order chi connectivity index (χ0) is 19.3. The van der Waals surface area contributed by atoms with Crippen LogP contribution in [0.1, 0.15) is 5.56 Å². The van der Waals surface area contributed by atoms with Crippen LogP contribution in [0.15, 0.2) is 77.4 Å². The number of hydrogen-bond acceptors (Lipinski definition) is 5. The van der Waals surface area contributed by atoms with Crippen molar-refractivity contribution in [1.82, 2.24) is 9.78 Å². The first-order chi connectivity index (χ1) is 13.7. The van der Waals surface area contributed by atoms with Crippen LogP contribution in [0, 0.1) is 11.3 Å². The fourth-order valence-electron chi connectivity index (χ4n) is 2.82. The highest BCUT2D eigenvalue weighted by molar-refractivity contribution is 5.89. The molecule has 2 aromatic heterocycles. The van der Waals surface area contributed by atoms with Crippen molar-refractivity contribution in [2.24, 2.45) is 0 Å². The monoisotopic (exact) mass is 369 g/mol. The molecule has 0 fully saturated rings. The molecule has 0 saturated heterocycles. The van der Waals surface area contributed by atoms with Crippen molar-refractivity contribution in [1.29, 1.82) is 5.26 Å². The fraction of sp³-hybridized carbons (Fsp3) is 0.0455. The molecule has 0 aliphatic rings. The van der Waals surface area contributed by atoms with Crippen LogP contribution in [-0.2, 0) is 9.53 Å². The fourth-order valence-corrected chi connectivity index (χ4v) is 2.82. The third-order valence-electron chi connectivity index (χ3n) is 4.10. The molecular weight excluding hydrogens is 354 g/mol. The van der Waals surface area contributed by atoms with Crippen molar-refractivity contribution in [3.8, 4) is 23.2 Å². The Bertz CT molecular complexity index is 1160. The predicted molar refractivity (Wildman–Crippen MR) is 104 cm³/mol. The standard InChI is InChI=1S/C22H15N3O3/c23-12-13-27-21(26)11-10-17-15-25(18-7-2-1-3-8-18)24-22(17)20-14-16-6-4-5-9-19(16)28-20/h1-11,14-15H,13H2/b11-10+. The van der Waals surface area contributed by atoms with Crippen molar-refractivity contribution in [2.45, 2.75) is 0 Å². The highest BCUT2D eigenvalue weighted by Gasteiger charge is 2.15. The third-order valence-corrected chi connectivity index (χ3v) is 4.10. The SMILES string of the molecule is N#CCOC(=O)/C=C/c1cn(-c2ccccc2)nc1-c1cc2ccccc2o1. The van der Waals surface area contributed by atoms with Gasteiger partial charge in [0, 0.05) is 23.2 Å². The van der Waals surface area contributed by atoms with Crippen molar-refractivity contribution in [3.05, 3.63) is 78.5 Å². The number of benzene rings is 2. The second kappa shape index (κ2) is 7.64. The van der Waals surface area contributed by atoms with Crippen molar-refractivity contribution < 1.29 is 13.9 Å². The molecule has 136 valence electrons. The number of fused-ring (bicyclic) bond motifs is 1. The van der Waals surface area contributed by atoms with Crippen LogP contribution < -0.4 is 0 Å². The molecule has 6 nitrogen and oxygen atoms in total.